The lowest BCUT2D eigenvalue weighted by atomic mass is 10.3. The monoisotopic (exact) mass is 345 g/mol. The fraction of sp³-hybridized carbons (Fsp3) is 0.316. The van der Waals surface area contributed by atoms with Crippen molar-refractivity contribution in [2.75, 3.05) is 13.7 Å². The molecule has 1 amide bonds. The van der Waals surface area contributed by atoms with Gasteiger partial charge in [0.05, 0.1) is 18.4 Å². The molecular formula is C19H23NO3S. The number of methoxy groups -OCH3 is 1. The Bertz CT molecular complexity index is 631. The normalized spacial score (nSPS) is 13.0. The van der Waals surface area contributed by atoms with Gasteiger partial charge in [0.15, 0.2) is 0 Å². The number of amides is 1. The highest BCUT2D eigenvalue weighted by Gasteiger charge is 2.16. The summed E-state index contributed by atoms with van der Waals surface area (Å²) in [7, 11) is 1.63. The van der Waals surface area contributed by atoms with Crippen molar-refractivity contribution < 1.29 is 14.3 Å². The number of hydrogen-bond donors (Lipinski definition) is 1. The van der Waals surface area contributed by atoms with Crippen molar-refractivity contribution in [2.24, 2.45) is 0 Å². The molecule has 0 saturated heterocycles. The second-order valence-electron chi connectivity index (χ2n) is 5.47. The van der Waals surface area contributed by atoms with Gasteiger partial charge >= 0.3 is 0 Å². The van der Waals surface area contributed by atoms with Crippen molar-refractivity contribution in [2.45, 2.75) is 30.0 Å². The summed E-state index contributed by atoms with van der Waals surface area (Å²) >= 11 is 1.55. The van der Waals surface area contributed by atoms with Gasteiger partial charge in [0.1, 0.15) is 18.1 Å². The fourth-order valence-corrected chi connectivity index (χ4v) is 2.95. The molecule has 2 aromatic carbocycles. The smallest absolute Gasteiger partial charge is 0.233 e. The first kappa shape index (κ1) is 18.2. The molecule has 0 heterocycles. The third-order valence-corrected chi connectivity index (χ3v) is 4.49. The molecule has 5 heteroatoms. The zero-order chi connectivity index (χ0) is 17.4. The van der Waals surface area contributed by atoms with Crippen LogP contribution in [0.2, 0.25) is 0 Å². The molecule has 0 spiro atoms. The minimum absolute atomic E-state index is 0.00897. The van der Waals surface area contributed by atoms with Crippen molar-refractivity contribution >= 4 is 17.7 Å². The van der Waals surface area contributed by atoms with Crippen LogP contribution in [0.25, 0.3) is 0 Å². The average Bonchev–Trinajstić information content (AvgIpc) is 2.61. The molecule has 0 aromatic heterocycles. The summed E-state index contributed by atoms with van der Waals surface area (Å²) in [5, 5.41) is 2.83. The molecule has 1 N–H and O–H groups in total. The van der Waals surface area contributed by atoms with Crippen LogP contribution in [0.15, 0.2) is 59.5 Å². The Labute approximate surface area is 147 Å². The summed E-state index contributed by atoms with van der Waals surface area (Å²) in [6.07, 6.45) is 0. The van der Waals surface area contributed by atoms with Crippen LogP contribution in [0, 0.1) is 0 Å². The summed E-state index contributed by atoms with van der Waals surface area (Å²) in [5.74, 6) is 1.55. The van der Waals surface area contributed by atoms with E-state index in [9.17, 15) is 4.79 Å². The van der Waals surface area contributed by atoms with Crippen LogP contribution in [-0.4, -0.2) is 30.9 Å². The van der Waals surface area contributed by atoms with E-state index >= 15 is 0 Å². The van der Waals surface area contributed by atoms with Gasteiger partial charge in [-0.25, -0.2) is 0 Å². The van der Waals surface area contributed by atoms with Crippen molar-refractivity contribution in [1.29, 1.82) is 0 Å². The highest BCUT2D eigenvalue weighted by Crippen LogP contribution is 2.22. The number of benzene rings is 2. The molecule has 0 fully saturated rings. The van der Waals surface area contributed by atoms with Crippen LogP contribution < -0.4 is 14.8 Å². The van der Waals surface area contributed by atoms with Gasteiger partial charge in [-0.2, -0.15) is 0 Å². The number of ether oxygens (including phenoxy) is 2. The summed E-state index contributed by atoms with van der Waals surface area (Å²) in [5.41, 5.74) is 0. The van der Waals surface area contributed by atoms with E-state index in [0.29, 0.717) is 6.61 Å². The molecule has 0 aliphatic heterocycles. The standard InChI is InChI=1S/C19H23NO3S/c1-14(13-23-17-11-9-16(22-3)10-12-17)20-19(21)15(2)24-18-7-5-4-6-8-18/h4-12,14-15H,13H2,1-3H3,(H,20,21)/t14-,15+/m1/s1. The average molecular weight is 345 g/mol. The van der Waals surface area contributed by atoms with Crippen molar-refractivity contribution in [3.05, 3.63) is 54.6 Å². The van der Waals surface area contributed by atoms with E-state index in [1.165, 1.54) is 0 Å². The molecule has 128 valence electrons. The number of hydrogen-bond acceptors (Lipinski definition) is 4. The lowest BCUT2D eigenvalue weighted by Crippen LogP contribution is -2.40. The number of thioether (sulfide) groups is 1. The maximum absolute atomic E-state index is 12.2. The van der Waals surface area contributed by atoms with E-state index in [-0.39, 0.29) is 17.2 Å². The largest absolute Gasteiger partial charge is 0.497 e. The third kappa shape index (κ3) is 5.81. The Balaban J connectivity index is 1.76. The molecule has 2 aromatic rings. The van der Waals surface area contributed by atoms with Crippen LogP contribution in [-0.2, 0) is 4.79 Å². The van der Waals surface area contributed by atoms with Gasteiger partial charge in [0.2, 0.25) is 5.91 Å². The van der Waals surface area contributed by atoms with Crippen LogP contribution in [0.5, 0.6) is 11.5 Å². The van der Waals surface area contributed by atoms with Crippen molar-refractivity contribution in [3.8, 4) is 11.5 Å². The Morgan fingerprint density at radius 3 is 2.29 bits per heavy atom. The fourth-order valence-electron chi connectivity index (χ4n) is 2.05. The van der Waals surface area contributed by atoms with E-state index < -0.39 is 0 Å². The number of nitrogens with one attached hydrogen (secondary N) is 1. The summed E-state index contributed by atoms with van der Waals surface area (Å²) < 4.78 is 10.8. The Morgan fingerprint density at radius 2 is 1.67 bits per heavy atom. The predicted molar refractivity (Wildman–Crippen MR) is 97.9 cm³/mol. The van der Waals surface area contributed by atoms with Crippen molar-refractivity contribution in [1.82, 2.24) is 5.32 Å². The summed E-state index contributed by atoms with van der Waals surface area (Å²) in [4.78, 5) is 13.3. The minimum Gasteiger partial charge on any atom is -0.497 e. The van der Waals surface area contributed by atoms with Crippen LogP contribution >= 0.6 is 11.8 Å². The van der Waals surface area contributed by atoms with Crippen LogP contribution in [0.3, 0.4) is 0 Å². The van der Waals surface area contributed by atoms with Gasteiger partial charge < -0.3 is 14.8 Å². The lowest BCUT2D eigenvalue weighted by molar-refractivity contribution is -0.121. The molecule has 0 aliphatic carbocycles. The molecule has 0 unspecified atom stereocenters. The SMILES string of the molecule is COc1ccc(OC[C@@H](C)NC(=O)[C@H](C)Sc2ccccc2)cc1. The lowest BCUT2D eigenvalue weighted by Gasteiger charge is -2.18. The third-order valence-electron chi connectivity index (χ3n) is 3.37. The molecule has 0 bridgehead atoms. The predicted octanol–water partition coefficient (Wildman–Crippen LogP) is 3.76. The van der Waals surface area contributed by atoms with Gasteiger partial charge in [-0.15, -0.1) is 11.8 Å². The number of carbonyl (C=O) groups excluding carboxylic acids is 1. The molecule has 0 radical (unpaired) electrons. The minimum atomic E-state index is -0.157. The molecule has 0 saturated carbocycles. The van der Waals surface area contributed by atoms with Crippen molar-refractivity contribution in [3.63, 3.8) is 0 Å². The topological polar surface area (TPSA) is 47.6 Å². The molecule has 2 atom stereocenters. The van der Waals surface area contributed by atoms with Crippen LogP contribution in [0.4, 0.5) is 0 Å². The van der Waals surface area contributed by atoms with Gasteiger partial charge in [-0.1, -0.05) is 18.2 Å². The highest BCUT2D eigenvalue weighted by molar-refractivity contribution is 8.00. The summed E-state index contributed by atoms with van der Waals surface area (Å²) in [6.45, 7) is 4.26. The molecule has 24 heavy (non-hydrogen) atoms. The van der Waals surface area contributed by atoms with Gasteiger partial charge in [0, 0.05) is 4.90 Å². The van der Waals surface area contributed by atoms with E-state index in [4.69, 9.17) is 9.47 Å². The number of rotatable bonds is 8. The van der Waals surface area contributed by atoms with Gasteiger partial charge in [-0.05, 0) is 50.2 Å². The maximum atomic E-state index is 12.2. The maximum Gasteiger partial charge on any atom is 0.233 e. The molecule has 0 aliphatic rings. The highest BCUT2D eigenvalue weighted by atomic mass is 32.2. The summed E-state index contributed by atoms with van der Waals surface area (Å²) in [6, 6.07) is 17.2. The zero-order valence-electron chi connectivity index (χ0n) is 14.2. The van der Waals surface area contributed by atoms with E-state index in [1.807, 2.05) is 68.4 Å². The first-order chi connectivity index (χ1) is 11.6. The first-order valence-electron chi connectivity index (χ1n) is 7.87. The second kappa shape index (κ2) is 9.23. The number of carbonyl (C=O) groups is 1. The molecule has 4 nitrogen and oxygen atoms in total. The Hall–Kier alpha value is -2.14. The van der Waals surface area contributed by atoms with Gasteiger partial charge in [0.25, 0.3) is 0 Å². The zero-order valence-corrected chi connectivity index (χ0v) is 15.0. The second-order valence-corrected chi connectivity index (χ2v) is 6.88. The Kier molecular flexibility index (Phi) is 7.00. The van der Waals surface area contributed by atoms with E-state index in [0.717, 1.165) is 16.4 Å². The Morgan fingerprint density at radius 1 is 1.04 bits per heavy atom. The van der Waals surface area contributed by atoms with E-state index in [1.54, 1.807) is 18.9 Å². The quantitative estimate of drug-likeness (QED) is 0.740. The first-order valence-corrected chi connectivity index (χ1v) is 8.75. The van der Waals surface area contributed by atoms with Crippen LogP contribution in [0.1, 0.15) is 13.8 Å². The van der Waals surface area contributed by atoms with E-state index in [2.05, 4.69) is 5.32 Å². The molecular weight excluding hydrogens is 322 g/mol. The molecule has 2 rings (SSSR count). The van der Waals surface area contributed by atoms with Gasteiger partial charge in [-0.3, -0.25) is 4.79 Å².